The minimum absolute atomic E-state index is 0.0495. The van der Waals surface area contributed by atoms with Crippen LogP contribution in [0.15, 0.2) is 0 Å². The maximum atomic E-state index is 11.4. The zero-order valence-electron chi connectivity index (χ0n) is 8.56. The first-order valence-electron chi connectivity index (χ1n) is 4.59. The number of terminal acetylenes is 1. The van der Waals surface area contributed by atoms with Crippen LogP contribution < -0.4 is 0 Å². The fourth-order valence-electron chi connectivity index (χ4n) is 1.35. The Morgan fingerprint density at radius 1 is 1.67 bits per heavy atom. The predicted molar refractivity (Wildman–Crippen MR) is 51.8 cm³/mol. The van der Waals surface area contributed by atoms with Crippen LogP contribution in [0, 0.1) is 12.3 Å². The Morgan fingerprint density at radius 3 is 3.00 bits per heavy atom. The SMILES string of the molecule is C#CCC(=O)N1CCOC(C(=O)OC)C1. The number of hydrogen-bond acceptors (Lipinski definition) is 4. The van der Waals surface area contributed by atoms with Crippen molar-refractivity contribution in [2.75, 3.05) is 26.8 Å². The summed E-state index contributed by atoms with van der Waals surface area (Å²) in [6.45, 7) is 1.01. The summed E-state index contributed by atoms with van der Waals surface area (Å²) in [5.74, 6) is 1.65. The lowest BCUT2D eigenvalue weighted by Gasteiger charge is -2.31. The highest BCUT2D eigenvalue weighted by atomic mass is 16.6. The average Bonchev–Trinajstić information content (AvgIpc) is 2.28. The first-order valence-corrected chi connectivity index (χ1v) is 4.59. The standard InChI is InChI=1S/C10H13NO4/c1-3-4-9(12)11-5-6-15-8(7-11)10(13)14-2/h1,8H,4-7H2,2H3. The van der Waals surface area contributed by atoms with Gasteiger partial charge in [-0.2, -0.15) is 0 Å². The molecule has 0 aromatic rings. The Morgan fingerprint density at radius 2 is 2.40 bits per heavy atom. The molecule has 1 aliphatic heterocycles. The highest BCUT2D eigenvalue weighted by Gasteiger charge is 2.29. The van der Waals surface area contributed by atoms with Crippen LogP contribution in [0.3, 0.4) is 0 Å². The Labute approximate surface area is 88.3 Å². The van der Waals surface area contributed by atoms with Crippen molar-refractivity contribution in [2.45, 2.75) is 12.5 Å². The van der Waals surface area contributed by atoms with Gasteiger partial charge in [-0.25, -0.2) is 4.79 Å². The van der Waals surface area contributed by atoms with Crippen LogP contribution in [0.25, 0.3) is 0 Å². The van der Waals surface area contributed by atoms with E-state index in [0.717, 1.165) is 0 Å². The molecule has 1 aliphatic rings. The maximum Gasteiger partial charge on any atom is 0.336 e. The molecule has 5 heteroatoms. The van der Waals surface area contributed by atoms with Crippen LogP contribution in [-0.2, 0) is 19.1 Å². The van der Waals surface area contributed by atoms with E-state index >= 15 is 0 Å². The molecular weight excluding hydrogens is 198 g/mol. The fourth-order valence-corrected chi connectivity index (χ4v) is 1.35. The van der Waals surface area contributed by atoms with Crippen molar-refractivity contribution < 1.29 is 19.1 Å². The summed E-state index contributed by atoms with van der Waals surface area (Å²) < 4.78 is 9.70. The minimum atomic E-state index is -0.689. The fraction of sp³-hybridized carbons (Fsp3) is 0.600. The molecule has 15 heavy (non-hydrogen) atoms. The van der Waals surface area contributed by atoms with Crippen molar-refractivity contribution in [3.05, 3.63) is 0 Å². The molecule has 1 amide bonds. The van der Waals surface area contributed by atoms with Crippen LogP contribution in [0.5, 0.6) is 0 Å². The Balaban J connectivity index is 2.53. The molecule has 1 fully saturated rings. The molecular formula is C10H13NO4. The van der Waals surface area contributed by atoms with Gasteiger partial charge in [0, 0.05) is 6.54 Å². The maximum absolute atomic E-state index is 11.4. The van der Waals surface area contributed by atoms with Crippen LogP contribution in [0.2, 0.25) is 0 Å². The molecule has 0 radical (unpaired) electrons. The first-order chi connectivity index (χ1) is 7.19. The van der Waals surface area contributed by atoms with Crippen molar-refractivity contribution >= 4 is 11.9 Å². The summed E-state index contributed by atoms with van der Waals surface area (Å²) >= 11 is 0. The predicted octanol–water partition coefficient (Wildman–Crippen LogP) is -0.590. The van der Waals surface area contributed by atoms with Gasteiger partial charge in [-0.15, -0.1) is 6.42 Å². The molecule has 0 N–H and O–H groups in total. The molecule has 1 heterocycles. The number of esters is 1. The normalized spacial score (nSPS) is 20.5. The lowest BCUT2D eigenvalue weighted by molar-refractivity contribution is -0.162. The van der Waals surface area contributed by atoms with Gasteiger partial charge in [0.25, 0.3) is 0 Å². The molecule has 1 unspecified atom stereocenters. The van der Waals surface area contributed by atoms with E-state index in [1.54, 1.807) is 0 Å². The van der Waals surface area contributed by atoms with Crippen molar-refractivity contribution in [1.29, 1.82) is 0 Å². The molecule has 1 saturated heterocycles. The molecule has 0 aromatic carbocycles. The van der Waals surface area contributed by atoms with Gasteiger partial charge < -0.3 is 14.4 Å². The third kappa shape index (κ3) is 2.96. The van der Waals surface area contributed by atoms with Gasteiger partial charge in [-0.3, -0.25) is 4.79 Å². The Hall–Kier alpha value is -1.54. The number of hydrogen-bond donors (Lipinski definition) is 0. The van der Waals surface area contributed by atoms with Gasteiger partial charge in [0.1, 0.15) is 0 Å². The van der Waals surface area contributed by atoms with Crippen molar-refractivity contribution in [3.63, 3.8) is 0 Å². The summed E-state index contributed by atoms with van der Waals surface area (Å²) in [6.07, 6.45) is 4.40. The highest BCUT2D eigenvalue weighted by molar-refractivity contribution is 5.80. The zero-order chi connectivity index (χ0) is 11.3. The third-order valence-electron chi connectivity index (χ3n) is 2.14. The van der Waals surface area contributed by atoms with Crippen LogP contribution in [0.4, 0.5) is 0 Å². The van der Waals surface area contributed by atoms with E-state index in [-0.39, 0.29) is 18.9 Å². The van der Waals surface area contributed by atoms with Gasteiger partial charge in [0.05, 0.1) is 26.7 Å². The van der Waals surface area contributed by atoms with Gasteiger partial charge in [0.15, 0.2) is 6.10 Å². The number of carbonyl (C=O) groups excluding carboxylic acids is 2. The van der Waals surface area contributed by atoms with E-state index in [1.165, 1.54) is 12.0 Å². The summed E-state index contributed by atoms with van der Waals surface area (Å²) in [5.41, 5.74) is 0. The van der Waals surface area contributed by atoms with Gasteiger partial charge in [-0.1, -0.05) is 5.92 Å². The van der Waals surface area contributed by atoms with Gasteiger partial charge in [0.2, 0.25) is 5.91 Å². The highest BCUT2D eigenvalue weighted by Crippen LogP contribution is 2.07. The molecule has 0 bridgehead atoms. The number of amides is 1. The third-order valence-corrected chi connectivity index (χ3v) is 2.14. The smallest absolute Gasteiger partial charge is 0.336 e. The molecule has 1 rings (SSSR count). The van der Waals surface area contributed by atoms with Crippen molar-refractivity contribution in [2.24, 2.45) is 0 Å². The van der Waals surface area contributed by atoms with Crippen LogP contribution in [-0.4, -0.2) is 49.7 Å². The van der Waals surface area contributed by atoms with Crippen LogP contribution in [0.1, 0.15) is 6.42 Å². The second-order valence-corrected chi connectivity index (χ2v) is 3.10. The van der Waals surface area contributed by atoms with Crippen molar-refractivity contribution in [1.82, 2.24) is 4.90 Å². The lowest BCUT2D eigenvalue weighted by atomic mass is 10.2. The number of morpholine rings is 1. The second-order valence-electron chi connectivity index (χ2n) is 3.10. The van der Waals surface area contributed by atoms with Gasteiger partial charge in [-0.05, 0) is 0 Å². The molecule has 1 atom stereocenters. The van der Waals surface area contributed by atoms with E-state index in [1.807, 2.05) is 0 Å². The van der Waals surface area contributed by atoms with E-state index in [2.05, 4.69) is 10.7 Å². The minimum Gasteiger partial charge on any atom is -0.467 e. The van der Waals surface area contributed by atoms with E-state index < -0.39 is 12.1 Å². The van der Waals surface area contributed by atoms with Gasteiger partial charge >= 0.3 is 5.97 Å². The molecule has 0 saturated carbocycles. The quantitative estimate of drug-likeness (QED) is 0.452. The Bertz CT molecular complexity index is 294. The second kappa shape index (κ2) is 5.37. The number of nitrogens with zero attached hydrogens (tertiary/aromatic N) is 1. The van der Waals surface area contributed by atoms with E-state index in [0.29, 0.717) is 13.2 Å². The number of carbonyl (C=O) groups is 2. The van der Waals surface area contributed by atoms with Crippen molar-refractivity contribution in [3.8, 4) is 12.3 Å². The summed E-state index contributed by atoms with van der Waals surface area (Å²) in [6, 6.07) is 0. The summed E-state index contributed by atoms with van der Waals surface area (Å²) in [7, 11) is 1.29. The van der Waals surface area contributed by atoms with E-state index in [4.69, 9.17) is 11.2 Å². The lowest BCUT2D eigenvalue weighted by Crippen LogP contribution is -2.48. The summed E-state index contributed by atoms with van der Waals surface area (Å²) in [5, 5.41) is 0. The molecule has 5 nitrogen and oxygen atoms in total. The first kappa shape index (κ1) is 11.5. The average molecular weight is 211 g/mol. The number of ether oxygens (including phenoxy) is 2. The number of methoxy groups -OCH3 is 1. The molecule has 0 aromatic heterocycles. The topological polar surface area (TPSA) is 55.8 Å². The molecule has 82 valence electrons. The largest absolute Gasteiger partial charge is 0.467 e. The van der Waals surface area contributed by atoms with E-state index in [9.17, 15) is 9.59 Å². The van der Waals surface area contributed by atoms with Crippen LogP contribution >= 0.6 is 0 Å². The number of rotatable bonds is 2. The Kier molecular flexibility index (Phi) is 4.13. The summed E-state index contributed by atoms with van der Waals surface area (Å²) in [4.78, 5) is 24.1. The molecule has 0 aliphatic carbocycles. The molecule has 0 spiro atoms. The monoisotopic (exact) mass is 211 g/mol. The zero-order valence-corrected chi connectivity index (χ0v) is 8.56.